The van der Waals surface area contributed by atoms with Crippen molar-refractivity contribution in [1.29, 1.82) is 0 Å². The Kier molecular flexibility index (Phi) is 3.68. The molecule has 0 aromatic carbocycles. The highest BCUT2D eigenvalue weighted by Gasteiger charge is 2.28. The summed E-state index contributed by atoms with van der Waals surface area (Å²) < 4.78 is 2.74. The van der Waals surface area contributed by atoms with Crippen LogP contribution in [0.3, 0.4) is 0 Å². The summed E-state index contributed by atoms with van der Waals surface area (Å²) in [6.07, 6.45) is 3.21. The summed E-state index contributed by atoms with van der Waals surface area (Å²) in [5.74, 6) is 0.439. The third-order valence-corrected chi connectivity index (χ3v) is 4.56. The molecule has 1 fully saturated rings. The van der Waals surface area contributed by atoms with Crippen LogP contribution >= 0.6 is 15.9 Å². The monoisotopic (exact) mass is 299 g/mol. The minimum absolute atomic E-state index is 0.145. The van der Waals surface area contributed by atoms with Crippen molar-refractivity contribution in [2.24, 2.45) is 18.7 Å². The van der Waals surface area contributed by atoms with Crippen molar-refractivity contribution in [2.75, 3.05) is 0 Å². The predicted octanol–water partition coefficient (Wildman–Crippen LogP) is 1.73. The van der Waals surface area contributed by atoms with Gasteiger partial charge in [-0.1, -0.05) is 0 Å². The molecule has 2 rings (SSSR count). The molecule has 1 aliphatic carbocycles. The highest BCUT2D eigenvalue weighted by molar-refractivity contribution is 9.10. The van der Waals surface area contributed by atoms with Crippen molar-refractivity contribution < 1.29 is 4.79 Å². The topological polar surface area (TPSA) is 60.9 Å². The number of halogens is 1. The van der Waals surface area contributed by atoms with E-state index in [9.17, 15) is 4.79 Å². The van der Waals surface area contributed by atoms with Crippen molar-refractivity contribution in [2.45, 2.75) is 38.6 Å². The van der Waals surface area contributed by atoms with Gasteiger partial charge in [-0.15, -0.1) is 0 Å². The molecule has 4 nitrogen and oxygen atoms in total. The molecule has 2 unspecified atom stereocenters. The first-order valence-electron chi connectivity index (χ1n) is 5.95. The van der Waals surface area contributed by atoms with Gasteiger partial charge in [0.1, 0.15) is 5.78 Å². The van der Waals surface area contributed by atoms with E-state index in [1.807, 2.05) is 14.0 Å². The van der Waals surface area contributed by atoms with E-state index in [1.54, 1.807) is 4.68 Å². The summed E-state index contributed by atoms with van der Waals surface area (Å²) in [7, 11) is 1.88. The van der Waals surface area contributed by atoms with Gasteiger partial charge in [0.15, 0.2) is 0 Å². The lowest BCUT2D eigenvalue weighted by Gasteiger charge is -2.09. The molecule has 2 N–H and O–H groups in total. The van der Waals surface area contributed by atoms with Gasteiger partial charge in [-0.25, -0.2) is 0 Å². The molecule has 1 aliphatic rings. The number of hydrogen-bond donors (Lipinski definition) is 1. The number of aromatic nitrogens is 2. The fraction of sp³-hybridized carbons (Fsp3) is 0.667. The summed E-state index contributed by atoms with van der Waals surface area (Å²) in [5.41, 5.74) is 7.74. The maximum absolute atomic E-state index is 12.2. The van der Waals surface area contributed by atoms with E-state index in [0.717, 1.165) is 35.1 Å². The zero-order valence-corrected chi connectivity index (χ0v) is 11.8. The summed E-state index contributed by atoms with van der Waals surface area (Å²) in [4.78, 5) is 12.2. The van der Waals surface area contributed by atoms with Crippen LogP contribution in [0.4, 0.5) is 0 Å². The van der Waals surface area contributed by atoms with E-state index in [-0.39, 0.29) is 12.0 Å². The van der Waals surface area contributed by atoms with Crippen LogP contribution in [0.25, 0.3) is 0 Å². The van der Waals surface area contributed by atoms with Crippen LogP contribution in [0.15, 0.2) is 4.47 Å². The number of hydrogen-bond acceptors (Lipinski definition) is 3. The molecular formula is C12H18BrN3O. The van der Waals surface area contributed by atoms with Crippen molar-refractivity contribution in [3.63, 3.8) is 0 Å². The van der Waals surface area contributed by atoms with Gasteiger partial charge in [0.05, 0.1) is 15.9 Å². The molecule has 0 amide bonds. The number of ketones is 1. The zero-order valence-electron chi connectivity index (χ0n) is 10.2. The first kappa shape index (κ1) is 12.8. The van der Waals surface area contributed by atoms with Gasteiger partial charge in [0, 0.05) is 25.4 Å². The number of carbonyl (C=O) groups excluding carboxylic acids is 1. The van der Waals surface area contributed by atoms with Crippen LogP contribution in [-0.2, 0) is 18.3 Å². The minimum atomic E-state index is 0.145. The fourth-order valence-electron chi connectivity index (χ4n) is 2.49. The lowest BCUT2D eigenvalue weighted by Crippen LogP contribution is -2.20. The van der Waals surface area contributed by atoms with Crippen molar-refractivity contribution in [3.05, 3.63) is 15.9 Å². The SMILES string of the molecule is Cc1nn(C)c(CC(=O)C2CCC(N)C2)c1Br. The summed E-state index contributed by atoms with van der Waals surface area (Å²) in [5, 5.41) is 4.30. The van der Waals surface area contributed by atoms with Crippen LogP contribution in [0.5, 0.6) is 0 Å². The van der Waals surface area contributed by atoms with Gasteiger partial charge in [0.2, 0.25) is 0 Å². The van der Waals surface area contributed by atoms with Gasteiger partial charge in [-0.2, -0.15) is 5.10 Å². The fourth-order valence-corrected chi connectivity index (χ4v) is 2.97. The van der Waals surface area contributed by atoms with Gasteiger partial charge in [-0.3, -0.25) is 9.48 Å². The van der Waals surface area contributed by atoms with E-state index in [4.69, 9.17) is 5.73 Å². The normalized spacial score (nSPS) is 24.2. The van der Waals surface area contributed by atoms with E-state index in [2.05, 4.69) is 21.0 Å². The maximum Gasteiger partial charge on any atom is 0.141 e. The average Bonchev–Trinajstić information content (AvgIpc) is 2.79. The number of carbonyl (C=O) groups is 1. The third-order valence-electron chi connectivity index (χ3n) is 3.53. The van der Waals surface area contributed by atoms with Crippen LogP contribution < -0.4 is 5.73 Å². The molecule has 17 heavy (non-hydrogen) atoms. The van der Waals surface area contributed by atoms with E-state index in [1.165, 1.54) is 0 Å². The zero-order chi connectivity index (χ0) is 12.6. The van der Waals surface area contributed by atoms with E-state index in [0.29, 0.717) is 12.2 Å². The predicted molar refractivity (Wildman–Crippen MR) is 69.7 cm³/mol. The summed E-state index contributed by atoms with van der Waals surface area (Å²) in [6, 6.07) is 0.209. The molecule has 1 heterocycles. The second-order valence-electron chi connectivity index (χ2n) is 4.88. The molecule has 0 bridgehead atoms. The van der Waals surface area contributed by atoms with Crippen molar-refractivity contribution >= 4 is 21.7 Å². The van der Waals surface area contributed by atoms with Crippen LogP contribution in [-0.4, -0.2) is 21.6 Å². The first-order valence-corrected chi connectivity index (χ1v) is 6.74. The number of nitrogens with zero attached hydrogens (tertiary/aromatic N) is 2. The number of rotatable bonds is 3. The van der Waals surface area contributed by atoms with Crippen LogP contribution in [0.2, 0.25) is 0 Å². The Balaban J connectivity index is 2.08. The maximum atomic E-state index is 12.2. The van der Waals surface area contributed by atoms with E-state index < -0.39 is 0 Å². The van der Waals surface area contributed by atoms with Gasteiger partial charge in [0.25, 0.3) is 0 Å². The second-order valence-corrected chi connectivity index (χ2v) is 5.68. The Hall–Kier alpha value is -0.680. The molecule has 5 heteroatoms. The number of nitrogens with two attached hydrogens (primary N) is 1. The first-order chi connectivity index (χ1) is 7.99. The summed E-state index contributed by atoms with van der Waals surface area (Å²) in [6.45, 7) is 1.93. The van der Waals surface area contributed by atoms with Gasteiger partial charge >= 0.3 is 0 Å². The molecule has 1 aromatic heterocycles. The Morgan fingerprint density at radius 3 is 2.76 bits per heavy atom. The Morgan fingerprint density at radius 1 is 1.59 bits per heavy atom. The van der Waals surface area contributed by atoms with Crippen LogP contribution in [0.1, 0.15) is 30.7 Å². The third kappa shape index (κ3) is 2.60. The number of Topliss-reactive ketones (excluding diaryl/α,β-unsaturated/α-hetero) is 1. The lowest BCUT2D eigenvalue weighted by atomic mass is 9.98. The molecule has 1 saturated carbocycles. The molecule has 2 atom stereocenters. The molecular weight excluding hydrogens is 282 g/mol. The van der Waals surface area contributed by atoms with Crippen molar-refractivity contribution in [1.82, 2.24) is 9.78 Å². The molecule has 1 aromatic rings. The van der Waals surface area contributed by atoms with Crippen LogP contribution in [0, 0.1) is 12.8 Å². The summed E-state index contributed by atoms with van der Waals surface area (Å²) >= 11 is 3.49. The molecule has 0 saturated heterocycles. The van der Waals surface area contributed by atoms with Gasteiger partial charge in [-0.05, 0) is 42.1 Å². The minimum Gasteiger partial charge on any atom is -0.328 e. The largest absolute Gasteiger partial charge is 0.328 e. The molecule has 0 radical (unpaired) electrons. The quantitative estimate of drug-likeness (QED) is 0.925. The van der Waals surface area contributed by atoms with Gasteiger partial charge < -0.3 is 5.73 Å². The molecule has 0 aliphatic heterocycles. The van der Waals surface area contributed by atoms with Crippen molar-refractivity contribution in [3.8, 4) is 0 Å². The Morgan fingerprint density at radius 2 is 2.29 bits per heavy atom. The second kappa shape index (κ2) is 4.90. The Labute approximate surface area is 110 Å². The lowest BCUT2D eigenvalue weighted by molar-refractivity contribution is -0.122. The molecule has 94 valence electrons. The molecule has 0 spiro atoms. The standard InChI is InChI=1S/C12H18BrN3O/c1-7-12(13)10(16(2)15-7)6-11(17)8-3-4-9(14)5-8/h8-9H,3-6,14H2,1-2H3. The smallest absolute Gasteiger partial charge is 0.141 e. The Bertz CT molecular complexity index is 441. The number of aryl methyl sites for hydroxylation is 2. The average molecular weight is 300 g/mol. The van der Waals surface area contributed by atoms with E-state index >= 15 is 0 Å². The highest BCUT2D eigenvalue weighted by Crippen LogP contribution is 2.28. The highest BCUT2D eigenvalue weighted by atomic mass is 79.9.